The normalized spacial score (nSPS) is 18.6. The van der Waals surface area contributed by atoms with Gasteiger partial charge in [0.25, 0.3) is 0 Å². The first-order valence-corrected chi connectivity index (χ1v) is 2.62. The van der Waals surface area contributed by atoms with Crippen LogP contribution in [0.2, 0.25) is 0 Å². The number of nitrogens with two attached hydrogens (primary N) is 2. The molecular formula is C4H7N5O. The maximum Gasteiger partial charge on any atom is 0.248 e. The minimum absolute atomic E-state index is 0.0104. The van der Waals surface area contributed by atoms with Crippen LogP contribution in [0.1, 0.15) is 0 Å². The molecule has 0 aromatic heterocycles. The molecule has 0 saturated heterocycles. The molecule has 1 aliphatic heterocycles. The molecular weight excluding hydrogens is 134 g/mol. The van der Waals surface area contributed by atoms with Gasteiger partial charge in [-0.15, -0.1) is 0 Å². The first-order chi connectivity index (χ1) is 4.68. The standard InChI is InChI=1S/C4H7N5O/c5-3-7-1-2(10)8-4(6)9-3/h1H2,(H5,5,6,7,8,9,10). The number of aliphatic imine (C=N–C) groups is 2. The van der Waals surface area contributed by atoms with Crippen molar-refractivity contribution in [2.75, 3.05) is 6.54 Å². The van der Waals surface area contributed by atoms with Crippen molar-refractivity contribution >= 4 is 17.8 Å². The van der Waals surface area contributed by atoms with E-state index in [4.69, 9.17) is 11.5 Å². The molecule has 0 aliphatic carbocycles. The Kier molecular flexibility index (Phi) is 1.53. The SMILES string of the molecule is NC1=NCC(=O)NC(N)=N1. The summed E-state index contributed by atoms with van der Waals surface area (Å²) < 4.78 is 0. The van der Waals surface area contributed by atoms with Gasteiger partial charge < -0.3 is 11.5 Å². The van der Waals surface area contributed by atoms with Crippen molar-refractivity contribution in [2.45, 2.75) is 0 Å². The van der Waals surface area contributed by atoms with Crippen LogP contribution in [0.15, 0.2) is 9.98 Å². The number of nitrogens with one attached hydrogen (secondary N) is 1. The summed E-state index contributed by atoms with van der Waals surface area (Å²) in [4.78, 5) is 17.7. The molecule has 0 radical (unpaired) electrons. The predicted molar refractivity (Wildman–Crippen MR) is 36.3 cm³/mol. The van der Waals surface area contributed by atoms with Crippen LogP contribution >= 0.6 is 0 Å². The second-order valence-corrected chi connectivity index (χ2v) is 1.72. The van der Waals surface area contributed by atoms with Gasteiger partial charge in [-0.3, -0.25) is 10.1 Å². The summed E-state index contributed by atoms with van der Waals surface area (Å²) in [6.07, 6.45) is 0. The second kappa shape index (κ2) is 2.34. The fourth-order valence-electron chi connectivity index (χ4n) is 0.522. The van der Waals surface area contributed by atoms with Gasteiger partial charge in [-0.05, 0) is 0 Å². The fraction of sp³-hybridized carbons (Fsp3) is 0.250. The van der Waals surface area contributed by atoms with Gasteiger partial charge >= 0.3 is 0 Å². The highest BCUT2D eigenvalue weighted by Crippen LogP contribution is 1.80. The van der Waals surface area contributed by atoms with Gasteiger partial charge in [0.05, 0.1) is 0 Å². The first-order valence-electron chi connectivity index (χ1n) is 2.62. The van der Waals surface area contributed by atoms with E-state index < -0.39 is 0 Å². The van der Waals surface area contributed by atoms with E-state index in [9.17, 15) is 4.79 Å². The summed E-state index contributed by atoms with van der Waals surface area (Å²) in [5.41, 5.74) is 10.4. The lowest BCUT2D eigenvalue weighted by molar-refractivity contribution is -0.118. The zero-order valence-electron chi connectivity index (χ0n) is 5.16. The molecule has 0 saturated carbocycles. The molecule has 1 amide bonds. The Morgan fingerprint density at radius 3 is 2.90 bits per heavy atom. The third kappa shape index (κ3) is 1.44. The number of rotatable bonds is 0. The molecule has 1 rings (SSSR count). The van der Waals surface area contributed by atoms with Crippen molar-refractivity contribution in [2.24, 2.45) is 21.5 Å². The zero-order chi connectivity index (χ0) is 7.56. The monoisotopic (exact) mass is 141 g/mol. The molecule has 0 bridgehead atoms. The largest absolute Gasteiger partial charge is 0.369 e. The van der Waals surface area contributed by atoms with Gasteiger partial charge in [0.1, 0.15) is 6.54 Å². The minimum atomic E-state index is -0.304. The number of nitrogens with zero attached hydrogens (tertiary/aromatic N) is 2. The molecule has 5 N–H and O–H groups in total. The number of guanidine groups is 2. The highest BCUT2D eigenvalue weighted by molar-refractivity contribution is 6.04. The van der Waals surface area contributed by atoms with E-state index in [0.29, 0.717) is 0 Å². The van der Waals surface area contributed by atoms with Gasteiger partial charge in [0.15, 0.2) is 0 Å². The van der Waals surface area contributed by atoms with E-state index in [1.165, 1.54) is 0 Å². The third-order valence-electron chi connectivity index (χ3n) is 0.887. The topological polar surface area (TPSA) is 106 Å². The Balaban J connectivity index is 2.81. The Labute approximate surface area is 57.0 Å². The summed E-state index contributed by atoms with van der Waals surface area (Å²) >= 11 is 0. The molecule has 0 atom stereocenters. The van der Waals surface area contributed by atoms with E-state index in [-0.39, 0.29) is 24.4 Å². The van der Waals surface area contributed by atoms with Crippen molar-refractivity contribution in [1.29, 1.82) is 0 Å². The van der Waals surface area contributed by atoms with Crippen LogP contribution in [0, 0.1) is 0 Å². The summed E-state index contributed by atoms with van der Waals surface area (Å²) in [6, 6.07) is 0. The Morgan fingerprint density at radius 1 is 1.50 bits per heavy atom. The molecule has 1 heterocycles. The molecule has 0 unspecified atom stereocenters. The van der Waals surface area contributed by atoms with Crippen LogP contribution < -0.4 is 16.8 Å². The van der Waals surface area contributed by atoms with E-state index in [0.717, 1.165) is 0 Å². The molecule has 0 spiro atoms. The van der Waals surface area contributed by atoms with Crippen molar-refractivity contribution < 1.29 is 4.79 Å². The van der Waals surface area contributed by atoms with Crippen molar-refractivity contribution in [3.8, 4) is 0 Å². The van der Waals surface area contributed by atoms with E-state index >= 15 is 0 Å². The highest BCUT2D eigenvalue weighted by atomic mass is 16.2. The molecule has 6 heteroatoms. The minimum Gasteiger partial charge on any atom is -0.369 e. The van der Waals surface area contributed by atoms with Crippen LogP contribution in [-0.2, 0) is 4.79 Å². The Morgan fingerprint density at radius 2 is 2.20 bits per heavy atom. The van der Waals surface area contributed by atoms with Crippen LogP contribution in [0.3, 0.4) is 0 Å². The molecule has 0 aromatic rings. The summed E-state index contributed by atoms with van der Waals surface area (Å²) in [7, 11) is 0. The highest BCUT2D eigenvalue weighted by Gasteiger charge is 2.06. The molecule has 0 fully saturated rings. The van der Waals surface area contributed by atoms with E-state index in [2.05, 4.69) is 15.3 Å². The van der Waals surface area contributed by atoms with Crippen molar-refractivity contribution in [3.05, 3.63) is 0 Å². The second-order valence-electron chi connectivity index (χ2n) is 1.72. The van der Waals surface area contributed by atoms with Gasteiger partial charge in [-0.1, -0.05) is 0 Å². The lowest BCUT2D eigenvalue weighted by atomic mass is 10.6. The van der Waals surface area contributed by atoms with Crippen LogP contribution in [-0.4, -0.2) is 24.4 Å². The van der Waals surface area contributed by atoms with Crippen LogP contribution in [0.5, 0.6) is 0 Å². The smallest absolute Gasteiger partial charge is 0.248 e. The van der Waals surface area contributed by atoms with E-state index in [1.54, 1.807) is 0 Å². The Hall–Kier alpha value is -1.59. The lowest BCUT2D eigenvalue weighted by Gasteiger charge is -1.95. The maximum absolute atomic E-state index is 10.6. The average Bonchev–Trinajstić information content (AvgIpc) is 1.93. The van der Waals surface area contributed by atoms with Gasteiger partial charge in [-0.25, -0.2) is 4.99 Å². The molecule has 1 aliphatic rings. The maximum atomic E-state index is 10.6. The van der Waals surface area contributed by atoms with Crippen LogP contribution in [0.4, 0.5) is 0 Å². The third-order valence-corrected chi connectivity index (χ3v) is 0.887. The summed E-state index contributed by atoms with van der Waals surface area (Å²) in [5.74, 6) is -0.290. The number of carbonyl (C=O) groups excluding carboxylic acids is 1. The average molecular weight is 141 g/mol. The van der Waals surface area contributed by atoms with Crippen LogP contribution in [0.25, 0.3) is 0 Å². The van der Waals surface area contributed by atoms with Gasteiger partial charge in [0, 0.05) is 0 Å². The summed E-state index contributed by atoms with van der Waals surface area (Å²) in [6.45, 7) is -0.0178. The van der Waals surface area contributed by atoms with E-state index in [1.807, 2.05) is 0 Å². The number of amides is 1. The molecule has 10 heavy (non-hydrogen) atoms. The fourth-order valence-corrected chi connectivity index (χ4v) is 0.522. The Bertz CT molecular complexity index is 218. The lowest BCUT2D eigenvalue weighted by Crippen LogP contribution is -2.37. The molecule has 54 valence electrons. The summed E-state index contributed by atoms with van der Waals surface area (Å²) in [5, 5.41) is 2.27. The molecule has 6 nitrogen and oxygen atoms in total. The number of hydrogen-bond acceptors (Lipinski definition) is 5. The van der Waals surface area contributed by atoms with Crippen molar-refractivity contribution in [1.82, 2.24) is 5.32 Å². The van der Waals surface area contributed by atoms with Gasteiger partial charge in [0.2, 0.25) is 17.8 Å². The number of hydrogen-bond donors (Lipinski definition) is 3. The molecule has 0 aromatic carbocycles. The quantitative estimate of drug-likeness (QED) is 0.354. The van der Waals surface area contributed by atoms with Gasteiger partial charge in [-0.2, -0.15) is 4.99 Å². The zero-order valence-corrected chi connectivity index (χ0v) is 5.16. The van der Waals surface area contributed by atoms with Crippen molar-refractivity contribution in [3.63, 3.8) is 0 Å². The number of carbonyl (C=O) groups is 1. The first kappa shape index (κ1) is 6.53. The predicted octanol–water partition coefficient (Wildman–Crippen LogP) is -2.25.